The Hall–Kier alpha value is -4.01. The predicted octanol–water partition coefficient (Wildman–Crippen LogP) is 9.99. The van der Waals surface area contributed by atoms with Gasteiger partial charge >= 0.3 is 6.09 Å². The molecule has 2 heterocycles. The lowest BCUT2D eigenvalue weighted by Gasteiger charge is -2.59. The van der Waals surface area contributed by atoms with E-state index in [0.29, 0.717) is 43.3 Å². The minimum atomic E-state index is -1.44. The summed E-state index contributed by atoms with van der Waals surface area (Å²) in [6.45, 7) is 11.7. The highest BCUT2D eigenvalue weighted by Gasteiger charge is 2.65. The number of amides is 1. The number of aromatic nitrogens is 1. The summed E-state index contributed by atoms with van der Waals surface area (Å²) in [4.78, 5) is 26.9. The fraction of sp³-hybridized carbons (Fsp3) is 0.679. The second-order valence-corrected chi connectivity index (χ2v) is 18.1. The SMILES string of the molecule is C=CCO[C@@]12Oc3ccc(OCc4cccc(C)n4)cc3[C@H]3[C@H](CCCCO)[C@@H](CCCCO)C=C(C(=NOCC)C[C@@H]1N(CCOCCO)C(=O)OCCCCCCCCCCCC)[C@H]32. The first-order chi connectivity index (χ1) is 32.3. The molecule has 1 aromatic carbocycles. The molecule has 5 rings (SSSR count). The summed E-state index contributed by atoms with van der Waals surface area (Å²) in [6.07, 6.45) is 20.1. The van der Waals surface area contributed by atoms with Crippen LogP contribution in [0.4, 0.5) is 4.79 Å². The maximum absolute atomic E-state index is 14.7. The Balaban J connectivity index is 1.58. The number of oxime groups is 1. The smallest absolute Gasteiger partial charge is 0.410 e. The number of benzene rings is 1. The summed E-state index contributed by atoms with van der Waals surface area (Å²) in [5.74, 6) is -0.654. The number of allylic oxidation sites excluding steroid dienone is 1. The topological polar surface area (TPSA) is 162 Å². The van der Waals surface area contributed by atoms with Crippen molar-refractivity contribution in [3.63, 3.8) is 0 Å². The van der Waals surface area contributed by atoms with E-state index < -0.39 is 23.8 Å². The highest BCUT2D eigenvalue weighted by molar-refractivity contribution is 6.03. The van der Waals surface area contributed by atoms with Crippen LogP contribution in [0.2, 0.25) is 0 Å². The van der Waals surface area contributed by atoms with Gasteiger partial charge in [0.25, 0.3) is 0 Å². The number of carbonyl (C=O) groups excluding carboxylic acids is 1. The van der Waals surface area contributed by atoms with Crippen LogP contribution in [0.15, 0.2) is 65.9 Å². The van der Waals surface area contributed by atoms with Gasteiger partial charge in [-0.05, 0) is 93.7 Å². The van der Waals surface area contributed by atoms with Gasteiger partial charge in [-0.2, -0.15) is 0 Å². The second-order valence-electron chi connectivity index (χ2n) is 18.1. The lowest BCUT2D eigenvalue weighted by molar-refractivity contribution is -0.256. The zero-order valence-corrected chi connectivity index (χ0v) is 40.3. The molecule has 0 radical (unpaired) electrons. The van der Waals surface area contributed by atoms with Crippen molar-refractivity contribution >= 4 is 11.8 Å². The Morgan fingerprint density at radius 3 is 2.35 bits per heavy atom. The number of nitrogens with zero attached hydrogens (tertiary/aromatic N) is 3. The standard InChI is InChI=1S/C53H81N3O10/c1-5-8-9-10-11-12-13-14-15-20-33-62-52(60)56(28-34-61-35-31-59)49-38-47(55-65-7-3)45-36-41(23-16-18-29-57)44(25-17-19-30-58)50-46-37-43(63-39-42-24-21-22-40(4)54-42)26-27-48(46)66-53(49,51(45)50)64-32-6-2/h6,21-22,24,26-27,36-37,41,44,49-51,57-59H,2,5,7-20,23,25,28-35,38-39H2,1,3-4H3/t41-,44+,49-,50+,51+,53+/m0/s1. The minimum Gasteiger partial charge on any atom is -0.487 e. The van der Waals surface area contributed by atoms with Crippen molar-refractivity contribution in [2.45, 2.75) is 154 Å². The van der Waals surface area contributed by atoms with Gasteiger partial charge in [-0.15, -0.1) is 6.58 Å². The van der Waals surface area contributed by atoms with E-state index in [9.17, 15) is 20.1 Å². The third kappa shape index (κ3) is 14.7. The fourth-order valence-corrected chi connectivity index (χ4v) is 10.3. The van der Waals surface area contributed by atoms with Gasteiger partial charge in [0.2, 0.25) is 5.79 Å². The third-order valence-corrected chi connectivity index (χ3v) is 13.3. The van der Waals surface area contributed by atoms with Crippen molar-refractivity contribution in [1.29, 1.82) is 0 Å². The van der Waals surface area contributed by atoms with E-state index in [1.165, 1.54) is 44.9 Å². The molecule has 2 aliphatic carbocycles. The van der Waals surface area contributed by atoms with Crippen molar-refractivity contribution in [2.24, 2.45) is 22.9 Å². The van der Waals surface area contributed by atoms with Crippen LogP contribution in [-0.4, -0.2) is 108 Å². The normalized spacial score (nSPS) is 22.5. The van der Waals surface area contributed by atoms with E-state index in [1.807, 2.05) is 44.2 Å². The highest BCUT2D eigenvalue weighted by Crippen LogP contribution is 2.62. The molecule has 0 spiro atoms. The zero-order chi connectivity index (χ0) is 47.0. The molecule has 1 aromatic heterocycles. The van der Waals surface area contributed by atoms with Crippen LogP contribution in [-0.2, 0) is 25.7 Å². The number of hydrogen-bond donors (Lipinski definition) is 3. The van der Waals surface area contributed by atoms with Crippen molar-refractivity contribution < 1.29 is 48.6 Å². The molecule has 66 heavy (non-hydrogen) atoms. The molecule has 13 nitrogen and oxygen atoms in total. The number of aliphatic hydroxyl groups is 3. The number of fused-ring (bicyclic) bond motifs is 2. The van der Waals surface area contributed by atoms with E-state index in [4.69, 9.17) is 33.7 Å². The molecule has 1 aliphatic heterocycles. The van der Waals surface area contributed by atoms with Crippen molar-refractivity contribution in [1.82, 2.24) is 9.88 Å². The van der Waals surface area contributed by atoms with Crippen molar-refractivity contribution in [3.8, 4) is 11.5 Å². The predicted molar refractivity (Wildman–Crippen MR) is 258 cm³/mol. The van der Waals surface area contributed by atoms with Gasteiger partial charge in [-0.3, -0.25) is 9.88 Å². The summed E-state index contributed by atoms with van der Waals surface area (Å²) in [5.41, 5.74) is 4.38. The fourth-order valence-electron chi connectivity index (χ4n) is 10.3. The summed E-state index contributed by atoms with van der Waals surface area (Å²) < 4.78 is 32.9. The Morgan fingerprint density at radius 1 is 0.909 bits per heavy atom. The molecule has 2 aromatic rings. The van der Waals surface area contributed by atoms with Crippen LogP contribution in [0, 0.1) is 24.7 Å². The number of hydrogen-bond acceptors (Lipinski definition) is 12. The van der Waals surface area contributed by atoms with Gasteiger partial charge in [0.05, 0.1) is 50.4 Å². The Morgan fingerprint density at radius 2 is 1.65 bits per heavy atom. The zero-order valence-electron chi connectivity index (χ0n) is 40.3. The molecular formula is C53H81N3O10. The minimum absolute atomic E-state index is 0.0590. The number of rotatable bonds is 33. The molecule has 1 amide bonds. The van der Waals surface area contributed by atoms with Crippen LogP contribution < -0.4 is 9.47 Å². The summed E-state index contributed by atoms with van der Waals surface area (Å²) >= 11 is 0. The summed E-state index contributed by atoms with van der Waals surface area (Å²) in [7, 11) is 0. The Kier molecular flexibility index (Phi) is 23.3. The molecule has 3 aliphatic rings. The maximum atomic E-state index is 14.7. The third-order valence-electron chi connectivity index (χ3n) is 13.3. The second kappa shape index (κ2) is 29.0. The molecule has 0 bridgehead atoms. The van der Waals surface area contributed by atoms with Gasteiger partial charge in [-0.25, -0.2) is 4.79 Å². The van der Waals surface area contributed by atoms with Gasteiger partial charge in [0.1, 0.15) is 30.8 Å². The van der Waals surface area contributed by atoms with Gasteiger partial charge in [0.15, 0.2) is 0 Å². The quantitative estimate of drug-likeness (QED) is 0.0355. The Bertz CT molecular complexity index is 1810. The molecule has 3 N–H and O–H groups in total. The van der Waals surface area contributed by atoms with E-state index in [0.717, 1.165) is 67.5 Å². The highest BCUT2D eigenvalue weighted by atomic mass is 16.7. The van der Waals surface area contributed by atoms with E-state index >= 15 is 0 Å². The Labute approximate surface area is 394 Å². The van der Waals surface area contributed by atoms with Gasteiger partial charge < -0.3 is 43.8 Å². The lowest BCUT2D eigenvalue weighted by Crippen LogP contribution is -2.70. The lowest BCUT2D eigenvalue weighted by atomic mass is 9.55. The molecule has 6 atom stereocenters. The monoisotopic (exact) mass is 920 g/mol. The van der Waals surface area contributed by atoms with Crippen LogP contribution >= 0.6 is 0 Å². The molecule has 13 heteroatoms. The van der Waals surface area contributed by atoms with Crippen molar-refractivity contribution in [2.75, 3.05) is 59.4 Å². The first kappa shape index (κ1) is 53.0. The van der Waals surface area contributed by atoms with Crippen LogP contribution in [0.5, 0.6) is 11.5 Å². The van der Waals surface area contributed by atoms with Gasteiger partial charge in [-0.1, -0.05) is 101 Å². The molecule has 368 valence electrons. The largest absolute Gasteiger partial charge is 0.487 e. The molecule has 1 fully saturated rings. The van der Waals surface area contributed by atoms with Crippen LogP contribution in [0.3, 0.4) is 0 Å². The number of aliphatic hydroxyl groups excluding tert-OH is 3. The average Bonchev–Trinajstić information content (AvgIpc) is 3.32. The van der Waals surface area contributed by atoms with Gasteiger partial charge in [0, 0.05) is 43.4 Å². The number of unbranched alkanes of at least 4 members (excludes halogenated alkanes) is 11. The maximum Gasteiger partial charge on any atom is 0.410 e. The van der Waals surface area contributed by atoms with E-state index in [2.05, 4.69) is 30.6 Å². The molecule has 0 saturated heterocycles. The van der Waals surface area contributed by atoms with Crippen LogP contribution in [0.1, 0.15) is 146 Å². The summed E-state index contributed by atoms with van der Waals surface area (Å²) in [6, 6.07) is 11.1. The molecular weight excluding hydrogens is 839 g/mol. The number of ether oxygens (including phenoxy) is 5. The number of carbonyl (C=O) groups is 1. The number of pyridine rings is 1. The van der Waals surface area contributed by atoms with Crippen molar-refractivity contribution in [3.05, 3.63) is 77.7 Å². The van der Waals surface area contributed by atoms with E-state index in [1.54, 1.807) is 11.0 Å². The first-order valence-electron chi connectivity index (χ1n) is 25.2. The number of aryl methyl sites for hydroxylation is 1. The molecule has 0 unspecified atom stereocenters. The average molecular weight is 920 g/mol. The molecule has 1 saturated carbocycles. The van der Waals surface area contributed by atoms with E-state index in [-0.39, 0.29) is 77.0 Å². The summed E-state index contributed by atoms with van der Waals surface area (Å²) in [5, 5.41) is 34.3. The first-order valence-corrected chi connectivity index (χ1v) is 25.2. The van der Waals surface area contributed by atoms with Crippen LogP contribution in [0.25, 0.3) is 0 Å².